The lowest BCUT2D eigenvalue weighted by molar-refractivity contribution is -0.121. The second kappa shape index (κ2) is 9.85. The van der Waals surface area contributed by atoms with E-state index >= 15 is 0 Å². The maximum atomic E-state index is 12.7. The van der Waals surface area contributed by atoms with E-state index in [-0.39, 0.29) is 5.91 Å². The first-order valence-electron chi connectivity index (χ1n) is 9.95. The molecular formula is C22H28N2O3S. The summed E-state index contributed by atoms with van der Waals surface area (Å²) < 4.78 is 26.9. The monoisotopic (exact) mass is 400 g/mol. The summed E-state index contributed by atoms with van der Waals surface area (Å²) in [5.74, 6) is 0.0148. The van der Waals surface area contributed by atoms with Crippen LogP contribution in [0.15, 0.2) is 59.5 Å². The second-order valence-electron chi connectivity index (χ2n) is 7.19. The third-order valence-corrected chi connectivity index (χ3v) is 7.01. The predicted octanol–water partition coefficient (Wildman–Crippen LogP) is 3.15. The Morgan fingerprint density at radius 2 is 1.50 bits per heavy atom. The lowest BCUT2D eigenvalue weighted by atomic mass is 10.1. The molecule has 2 aromatic rings. The van der Waals surface area contributed by atoms with Gasteiger partial charge in [-0.3, -0.25) is 4.79 Å². The zero-order valence-electron chi connectivity index (χ0n) is 16.1. The van der Waals surface area contributed by atoms with Crippen LogP contribution in [0, 0.1) is 0 Å². The standard InChI is InChI=1S/C22H28N2O3S/c25-22(23-16-15-19-7-3-1-4-8-19)14-11-20-9-12-21(13-10-20)28(26,27)24-17-5-2-6-18-24/h1,3-4,7-10,12-13H,2,5-6,11,14-18H2,(H,23,25). The van der Waals surface area contributed by atoms with Gasteiger partial charge >= 0.3 is 0 Å². The van der Waals surface area contributed by atoms with Gasteiger partial charge in [0.25, 0.3) is 0 Å². The smallest absolute Gasteiger partial charge is 0.243 e. The molecular weight excluding hydrogens is 372 g/mol. The maximum absolute atomic E-state index is 12.7. The molecule has 3 rings (SSSR count). The van der Waals surface area contributed by atoms with Crippen molar-refractivity contribution in [2.24, 2.45) is 0 Å². The highest BCUT2D eigenvalue weighted by Crippen LogP contribution is 2.21. The minimum atomic E-state index is -3.39. The number of aryl methyl sites for hydroxylation is 1. The zero-order chi connectivity index (χ0) is 19.8. The molecule has 0 atom stereocenters. The van der Waals surface area contributed by atoms with E-state index in [9.17, 15) is 13.2 Å². The third-order valence-electron chi connectivity index (χ3n) is 5.10. The van der Waals surface area contributed by atoms with Crippen molar-refractivity contribution in [1.82, 2.24) is 9.62 Å². The van der Waals surface area contributed by atoms with E-state index in [1.165, 1.54) is 5.56 Å². The molecule has 0 radical (unpaired) electrons. The van der Waals surface area contributed by atoms with Crippen molar-refractivity contribution in [3.8, 4) is 0 Å². The van der Waals surface area contributed by atoms with Gasteiger partial charge in [0.2, 0.25) is 15.9 Å². The lowest BCUT2D eigenvalue weighted by Crippen LogP contribution is -2.35. The van der Waals surface area contributed by atoms with Crippen LogP contribution in [0.25, 0.3) is 0 Å². The molecule has 1 aliphatic heterocycles. The van der Waals surface area contributed by atoms with Crippen molar-refractivity contribution < 1.29 is 13.2 Å². The number of hydrogen-bond donors (Lipinski definition) is 1. The van der Waals surface area contributed by atoms with Crippen molar-refractivity contribution >= 4 is 15.9 Å². The van der Waals surface area contributed by atoms with Gasteiger partial charge in [-0.25, -0.2) is 8.42 Å². The number of piperidine rings is 1. The summed E-state index contributed by atoms with van der Waals surface area (Å²) in [7, 11) is -3.39. The number of sulfonamides is 1. The number of carbonyl (C=O) groups is 1. The largest absolute Gasteiger partial charge is 0.356 e. The van der Waals surface area contributed by atoms with E-state index in [2.05, 4.69) is 5.32 Å². The molecule has 0 saturated carbocycles. The highest BCUT2D eigenvalue weighted by molar-refractivity contribution is 7.89. The van der Waals surface area contributed by atoms with Gasteiger partial charge in [-0.05, 0) is 48.9 Å². The van der Waals surface area contributed by atoms with Gasteiger partial charge in [-0.1, -0.05) is 48.9 Å². The van der Waals surface area contributed by atoms with E-state index < -0.39 is 10.0 Å². The summed E-state index contributed by atoms with van der Waals surface area (Å²) in [5.41, 5.74) is 2.17. The van der Waals surface area contributed by atoms with Gasteiger partial charge in [-0.15, -0.1) is 0 Å². The average Bonchev–Trinajstić information content (AvgIpc) is 2.74. The van der Waals surface area contributed by atoms with Gasteiger partial charge in [0, 0.05) is 26.1 Å². The fourth-order valence-corrected chi connectivity index (χ4v) is 4.94. The van der Waals surface area contributed by atoms with Crippen LogP contribution in [0.3, 0.4) is 0 Å². The Balaban J connectivity index is 1.45. The van der Waals surface area contributed by atoms with Crippen molar-refractivity contribution in [2.75, 3.05) is 19.6 Å². The molecule has 0 bridgehead atoms. The second-order valence-corrected chi connectivity index (χ2v) is 9.13. The van der Waals surface area contributed by atoms with Crippen molar-refractivity contribution in [3.63, 3.8) is 0 Å². The number of nitrogens with zero attached hydrogens (tertiary/aromatic N) is 1. The van der Waals surface area contributed by atoms with E-state index in [1.54, 1.807) is 16.4 Å². The molecule has 2 aromatic carbocycles. The number of carbonyl (C=O) groups excluding carboxylic acids is 1. The van der Waals surface area contributed by atoms with Gasteiger partial charge < -0.3 is 5.32 Å². The minimum absolute atomic E-state index is 0.0148. The van der Waals surface area contributed by atoms with Gasteiger partial charge in [0.05, 0.1) is 4.90 Å². The van der Waals surface area contributed by atoms with Crippen LogP contribution in [-0.4, -0.2) is 38.3 Å². The van der Waals surface area contributed by atoms with Crippen molar-refractivity contribution in [2.45, 2.75) is 43.4 Å². The predicted molar refractivity (Wildman–Crippen MR) is 111 cm³/mol. The fourth-order valence-electron chi connectivity index (χ4n) is 3.42. The molecule has 28 heavy (non-hydrogen) atoms. The molecule has 6 heteroatoms. The Hall–Kier alpha value is -2.18. The summed E-state index contributed by atoms with van der Waals surface area (Å²) in [6.45, 7) is 1.83. The molecule has 150 valence electrons. The van der Waals surface area contributed by atoms with Crippen LogP contribution in [-0.2, 0) is 27.7 Å². The molecule has 0 unspecified atom stereocenters. The lowest BCUT2D eigenvalue weighted by Gasteiger charge is -2.25. The molecule has 0 aromatic heterocycles. The summed E-state index contributed by atoms with van der Waals surface area (Å²) in [6.07, 6.45) is 4.76. The van der Waals surface area contributed by atoms with Gasteiger partial charge in [0.15, 0.2) is 0 Å². The number of benzene rings is 2. The molecule has 1 N–H and O–H groups in total. The molecule has 1 saturated heterocycles. The maximum Gasteiger partial charge on any atom is 0.243 e. The van der Waals surface area contributed by atoms with Gasteiger partial charge in [-0.2, -0.15) is 4.31 Å². The van der Waals surface area contributed by atoms with Crippen LogP contribution < -0.4 is 5.32 Å². The van der Waals surface area contributed by atoms with E-state index in [4.69, 9.17) is 0 Å². The Bertz CT molecular complexity index is 858. The first-order chi connectivity index (χ1) is 13.6. The summed E-state index contributed by atoms with van der Waals surface area (Å²) >= 11 is 0. The Morgan fingerprint density at radius 3 is 2.18 bits per heavy atom. The fraction of sp³-hybridized carbons (Fsp3) is 0.409. The minimum Gasteiger partial charge on any atom is -0.356 e. The Morgan fingerprint density at radius 1 is 0.857 bits per heavy atom. The molecule has 1 amide bonds. The average molecular weight is 401 g/mol. The van der Waals surface area contributed by atoms with Crippen LogP contribution in [0.4, 0.5) is 0 Å². The Labute approximate surface area is 167 Å². The zero-order valence-corrected chi connectivity index (χ0v) is 17.0. The molecule has 0 aliphatic carbocycles. The van der Waals surface area contributed by atoms with Crippen LogP contribution in [0.1, 0.15) is 36.8 Å². The highest BCUT2D eigenvalue weighted by atomic mass is 32.2. The number of hydrogen-bond acceptors (Lipinski definition) is 3. The summed E-state index contributed by atoms with van der Waals surface area (Å²) in [4.78, 5) is 12.4. The normalized spacial score (nSPS) is 15.3. The molecule has 0 spiro atoms. The topological polar surface area (TPSA) is 66.5 Å². The molecule has 1 fully saturated rings. The summed E-state index contributed by atoms with van der Waals surface area (Å²) in [6, 6.07) is 17.0. The number of nitrogens with one attached hydrogen (secondary N) is 1. The first kappa shape index (κ1) is 20.6. The molecule has 5 nitrogen and oxygen atoms in total. The van der Waals surface area contributed by atoms with E-state index in [0.29, 0.717) is 37.4 Å². The highest BCUT2D eigenvalue weighted by Gasteiger charge is 2.25. The number of amides is 1. The van der Waals surface area contributed by atoms with Crippen LogP contribution in [0.2, 0.25) is 0 Å². The quantitative estimate of drug-likeness (QED) is 0.740. The Kier molecular flexibility index (Phi) is 7.23. The van der Waals surface area contributed by atoms with Crippen LogP contribution >= 0.6 is 0 Å². The van der Waals surface area contributed by atoms with Crippen molar-refractivity contribution in [1.29, 1.82) is 0 Å². The number of rotatable bonds is 8. The van der Waals surface area contributed by atoms with E-state index in [1.807, 2.05) is 42.5 Å². The first-order valence-corrected chi connectivity index (χ1v) is 11.4. The van der Waals surface area contributed by atoms with Crippen LogP contribution in [0.5, 0.6) is 0 Å². The van der Waals surface area contributed by atoms with Gasteiger partial charge in [0.1, 0.15) is 0 Å². The summed E-state index contributed by atoms with van der Waals surface area (Å²) in [5, 5.41) is 2.94. The third kappa shape index (κ3) is 5.66. The molecule has 1 aliphatic rings. The van der Waals surface area contributed by atoms with E-state index in [0.717, 1.165) is 31.2 Å². The van der Waals surface area contributed by atoms with Crippen molar-refractivity contribution in [3.05, 3.63) is 65.7 Å². The molecule has 1 heterocycles. The SMILES string of the molecule is O=C(CCc1ccc(S(=O)(=O)N2CCCCC2)cc1)NCCc1ccccc1.